The second kappa shape index (κ2) is 6.66. The molecule has 0 spiro atoms. The molecule has 0 radical (unpaired) electrons. The third-order valence-electron chi connectivity index (χ3n) is 3.56. The van der Waals surface area contributed by atoms with Crippen molar-refractivity contribution >= 4 is 11.3 Å². The number of nitrogens with zero attached hydrogens (tertiary/aromatic N) is 1. The number of thiophene rings is 1. The van der Waals surface area contributed by atoms with Gasteiger partial charge in [0.05, 0.1) is 6.04 Å². The third kappa shape index (κ3) is 3.38. The van der Waals surface area contributed by atoms with Crippen LogP contribution in [0.15, 0.2) is 72.4 Å². The van der Waals surface area contributed by atoms with Crippen molar-refractivity contribution in [3.05, 3.63) is 88.4 Å². The quantitative estimate of drug-likeness (QED) is 0.745. The molecule has 1 N–H and O–H groups in total. The van der Waals surface area contributed by atoms with Crippen LogP contribution in [-0.2, 0) is 0 Å². The molecule has 2 unspecified atom stereocenters. The Labute approximate surface area is 129 Å². The SMILES string of the molecule is CC(NC(c1ccccc1)c1cccs1)c1cccnc1. The number of hydrogen-bond donors (Lipinski definition) is 1. The standard InChI is InChI=1S/C18H18N2S/c1-14(16-9-5-11-19-13-16)20-18(17-10-6-12-21-17)15-7-3-2-4-8-15/h2-14,18,20H,1H3. The topological polar surface area (TPSA) is 24.9 Å². The predicted octanol–water partition coefficient (Wildman–Crippen LogP) is 4.58. The van der Waals surface area contributed by atoms with Crippen LogP contribution in [0.25, 0.3) is 0 Å². The number of benzene rings is 1. The van der Waals surface area contributed by atoms with Gasteiger partial charge in [0.25, 0.3) is 0 Å². The van der Waals surface area contributed by atoms with Crippen molar-refractivity contribution < 1.29 is 0 Å². The fourth-order valence-electron chi connectivity index (χ4n) is 2.42. The lowest BCUT2D eigenvalue weighted by molar-refractivity contribution is 0.520. The molecule has 1 aromatic carbocycles. The highest BCUT2D eigenvalue weighted by atomic mass is 32.1. The predicted molar refractivity (Wildman–Crippen MR) is 88.4 cm³/mol. The Morgan fingerprint density at radius 3 is 2.43 bits per heavy atom. The molecule has 3 heteroatoms. The van der Waals surface area contributed by atoms with Crippen molar-refractivity contribution in [3.63, 3.8) is 0 Å². The second-order valence-electron chi connectivity index (χ2n) is 5.03. The number of rotatable bonds is 5. The number of hydrogen-bond acceptors (Lipinski definition) is 3. The first-order valence-corrected chi connectivity index (χ1v) is 7.97. The fraction of sp³-hybridized carbons (Fsp3) is 0.167. The molecule has 2 nitrogen and oxygen atoms in total. The molecule has 106 valence electrons. The van der Waals surface area contributed by atoms with E-state index in [4.69, 9.17) is 0 Å². The molecule has 0 aliphatic carbocycles. The van der Waals surface area contributed by atoms with Crippen molar-refractivity contribution in [3.8, 4) is 0 Å². The molecule has 2 atom stereocenters. The van der Waals surface area contributed by atoms with Gasteiger partial charge in [0.1, 0.15) is 0 Å². The molecule has 2 heterocycles. The van der Waals surface area contributed by atoms with E-state index in [9.17, 15) is 0 Å². The Bertz CT molecular complexity index is 650. The van der Waals surface area contributed by atoms with Crippen LogP contribution in [0.1, 0.15) is 35.0 Å². The first-order chi connectivity index (χ1) is 10.3. The van der Waals surface area contributed by atoms with Crippen molar-refractivity contribution in [2.24, 2.45) is 0 Å². The zero-order chi connectivity index (χ0) is 14.5. The van der Waals surface area contributed by atoms with Gasteiger partial charge in [0, 0.05) is 23.3 Å². The summed E-state index contributed by atoms with van der Waals surface area (Å²) in [5, 5.41) is 5.85. The highest BCUT2D eigenvalue weighted by Gasteiger charge is 2.18. The molecule has 0 saturated carbocycles. The van der Waals surface area contributed by atoms with E-state index in [-0.39, 0.29) is 12.1 Å². The summed E-state index contributed by atoms with van der Waals surface area (Å²) in [4.78, 5) is 5.54. The summed E-state index contributed by atoms with van der Waals surface area (Å²) in [6, 6.07) is 19.4. The third-order valence-corrected chi connectivity index (χ3v) is 4.50. The van der Waals surface area contributed by atoms with Crippen LogP contribution in [0.5, 0.6) is 0 Å². The summed E-state index contributed by atoms with van der Waals surface area (Å²) in [5.74, 6) is 0. The molecule has 0 amide bonds. The minimum Gasteiger partial charge on any atom is -0.299 e. The molecular weight excluding hydrogens is 276 g/mol. The molecule has 3 rings (SSSR count). The Morgan fingerprint density at radius 2 is 1.76 bits per heavy atom. The lowest BCUT2D eigenvalue weighted by atomic mass is 10.0. The van der Waals surface area contributed by atoms with Gasteiger partial charge in [0.2, 0.25) is 0 Å². The molecule has 0 fully saturated rings. The van der Waals surface area contributed by atoms with E-state index >= 15 is 0 Å². The Balaban J connectivity index is 1.87. The van der Waals surface area contributed by atoms with Crippen molar-refractivity contribution in [1.82, 2.24) is 10.3 Å². The van der Waals surface area contributed by atoms with Gasteiger partial charge in [-0.1, -0.05) is 42.5 Å². The summed E-state index contributed by atoms with van der Waals surface area (Å²) < 4.78 is 0. The Morgan fingerprint density at radius 1 is 0.952 bits per heavy atom. The summed E-state index contributed by atoms with van der Waals surface area (Å²) in [5.41, 5.74) is 2.49. The summed E-state index contributed by atoms with van der Waals surface area (Å²) in [7, 11) is 0. The highest BCUT2D eigenvalue weighted by molar-refractivity contribution is 7.10. The second-order valence-corrected chi connectivity index (χ2v) is 6.01. The largest absolute Gasteiger partial charge is 0.299 e. The van der Waals surface area contributed by atoms with Crippen LogP contribution in [-0.4, -0.2) is 4.98 Å². The first-order valence-electron chi connectivity index (χ1n) is 7.09. The highest BCUT2D eigenvalue weighted by Crippen LogP contribution is 2.28. The van der Waals surface area contributed by atoms with E-state index in [2.05, 4.69) is 71.1 Å². The van der Waals surface area contributed by atoms with Gasteiger partial charge in [-0.3, -0.25) is 10.3 Å². The van der Waals surface area contributed by atoms with E-state index in [1.165, 1.54) is 16.0 Å². The van der Waals surface area contributed by atoms with Crippen molar-refractivity contribution in [1.29, 1.82) is 0 Å². The minimum absolute atomic E-state index is 0.210. The molecule has 0 saturated heterocycles. The van der Waals surface area contributed by atoms with E-state index in [0.29, 0.717) is 0 Å². The van der Waals surface area contributed by atoms with Crippen molar-refractivity contribution in [2.45, 2.75) is 19.0 Å². The van der Waals surface area contributed by atoms with Crippen molar-refractivity contribution in [2.75, 3.05) is 0 Å². The molecule has 2 aromatic heterocycles. The fourth-order valence-corrected chi connectivity index (χ4v) is 3.23. The number of aromatic nitrogens is 1. The van der Waals surface area contributed by atoms with E-state index in [0.717, 1.165) is 0 Å². The van der Waals surface area contributed by atoms with Crippen LogP contribution in [0.4, 0.5) is 0 Å². The van der Waals surface area contributed by atoms with Crippen LogP contribution in [0.3, 0.4) is 0 Å². The normalized spacial score (nSPS) is 13.8. The van der Waals surface area contributed by atoms with Gasteiger partial charge in [-0.25, -0.2) is 0 Å². The zero-order valence-corrected chi connectivity index (χ0v) is 12.8. The Kier molecular flexibility index (Phi) is 4.43. The zero-order valence-electron chi connectivity index (χ0n) is 11.9. The number of pyridine rings is 1. The van der Waals surface area contributed by atoms with Gasteiger partial charge in [-0.2, -0.15) is 0 Å². The van der Waals surface area contributed by atoms with Gasteiger partial charge in [-0.05, 0) is 35.6 Å². The lowest BCUT2D eigenvalue weighted by Crippen LogP contribution is -2.25. The van der Waals surface area contributed by atoms with E-state index < -0.39 is 0 Å². The molecule has 0 aliphatic heterocycles. The Hall–Kier alpha value is -1.97. The van der Waals surface area contributed by atoms with Crippen LogP contribution in [0, 0.1) is 0 Å². The average molecular weight is 294 g/mol. The molecule has 0 aliphatic rings. The maximum Gasteiger partial charge on any atom is 0.0675 e. The van der Waals surface area contributed by atoms with E-state index in [1.807, 2.05) is 18.5 Å². The van der Waals surface area contributed by atoms with Gasteiger partial charge >= 0.3 is 0 Å². The maximum atomic E-state index is 4.21. The van der Waals surface area contributed by atoms with Gasteiger partial charge in [0.15, 0.2) is 0 Å². The lowest BCUT2D eigenvalue weighted by Gasteiger charge is -2.23. The van der Waals surface area contributed by atoms with Crippen LogP contribution >= 0.6 is 11.3 Å². The molecular formula is C18H18N2S. The number of nitrogens with one attached hydrogen (secondary N) is 1. The van der Waals surface area contributed by atoms with Crippen LogP contribution in [0.2, 0.25) is 0 Å². The molecule has 3 aromatic rings. The van der Waals surface area contributed by atoms with Crippen LogP contribution < -0.4 is 5.32 Å². The minimum atomic E-state index is 0.210. The average Bonchev–Trinajstić information content (AvgIpc) is 3.08. The summed E-state index contributed by atoms with van der Waals surface area (Å²) in [6.07, 6.45) is 3.73. The monoisotopic (exact) mass is 294 g/mol. The first kappa shape index (κ1) is 14.0. The van der Waals surface area contributed by atoms with Gasteiger partial charge in [-0.15, -0.1) is 11.3 Å². The maximum absolute atomic E-state index is 4.21. The van der Waals surface area contributed by atoms with E-state index in [1.54, 1.807) is 11.3 Å². The van der Waals surface area contributed by atoms with Gasteiger partial charge < -0.3 is 0 Å². The smallest absolute Gasteiger partial charge is 0.0675 e. The molecule has 0 bridgehead atoms. The summed E-state index contributed by atoms with van der Waals surface area (Å²) >= 11 is 1.78. The molecule has 21 heavy (non-hydrogen) atoms. The summed E-state index contributed by atoms with van der Waals surface area (Å²) in [6.45, 7) is 2.18.